The smallest absolute Gasteiger partial charge is 0.347 e. The molecule has 35 nitrogen and oxygen atoms in total. The molecule has 3 unspecified atom stereocenters. The van der Waals surface area contributed by atoms with E-state index in [9.17, 15) is 38.4 Å². The van der Waals surface area contributed by atoms with Gasteiger partial charge >= 0.3 is 11.9 Å². The van der Waals surface area contributed by atoms with Gasteiger partial charge < -0.3 is 75.5 Å². The fourth-order valence-corrected chi connectivity index (χ4v) is 15.4. The lowest BCUT2D eigenvalue weighted by molar-refractivity contribution is -0.177. The summed E-state index contributed by atoms with van der Waals surface area (Å²) in [6, 6.07) is 34.4. The molecule has 6 fully saturated rings. The van der Waals surface area contributed by atoms with Crippen molar-refractivity contribution in [3.8, 4) is 0 Å². The molecule has 0 spiro atoms. The summed E-state index contributed by atoms with van der Waals surface area (Å²) in [4.78, 5) is 142. The zero-order valence-electron chi connectivity index (χ0n) is 69.8. The number of aromatic amines is 3. The lowest BCUT2D eigenvalue weighted by atomic mass is 10.2. The quantitative estimate of drug-likeness (QED) is 0.0144. The zero-order chi connectivity index (χ0) is 85.9. The number of amides is 6. The third-order valence-corrected chi connectivity index (χ3v) is 23.1. The van der Waals surface area contributed by atoms with Crippen LogP contribution in [-0.4, -0.2) is 227 Å². The maximum atomic E-state index is 13.1. The van der Waals surface area contributed by atoms with Crippen molar-refractivity contribution < 1.29 is 52.6 Å². The SMILES string of the molecule is CCCC(=O)N1CCN(c2cc(Nc3cc(C)[nH]n3)nc(Sc3ccc(NC(=O)C4CC4)cc3)n2)CC1.CCCC(=O)N1CCN(c2cc(Nc3cc(C)[nH]n3)nc(Sc3ccc(NC(=O)C4CC4)cc3)n2)CC1.COC(C)C(=O)OC(C)C(=O)OC(C)C(=O)N1CCN(c2cc(Nc3cc(C)[nH]n3)nc(Sc3ccc(NC(=O)C4CC4)cc3)n2)CC1. The predicted molar refractivity (Wildman–Crippen MR) is 465 cm³/mol. The second-order valence-electron chi connectivity index (χ2n) is 30.6. The van der Waals surface area contributed by atoms with Crippen molar-refractivity contribution >= 4 is 152 Å². The van der Waals surface area contributed by atoms with Crippen LogP contribution in [0, 0.1) is 38.5 Å². The molecule has 9 N–H and O–H groups in total. The number of carbonyl (C=O) groups excluding carboxylic acids is 8. The number of ether oxygens (including phenoxy) is 3. The number of aromatic nitrogens is 12. The molecule has 644 valence electrons. The Morgan fingerprint density at radius 3 is 0.967 bits per heavy atom. The molecule has 0 bridgehead atoms. The number of hydrogen-bond donors (Lipinski definition) is 9. The highest BCUT2D eigenvalue weighted by atomic mass is 32.2. The second-order valence-corrected chi connectivity index (χ2v) is 33.7. The van der Waals surface area contributed by atoms with Gasteiger partial charge in [0.1, 0.15) is 34.9 Å². The van der Waals surface area contributed by atoms with E-state index in [0.717, 1.165) is 112 Å². The summed E-state index contributed by atoms with van der Waals surface area (Å²) in [5, 5.41) is 42.0. The number of hydrogen-bond acceptors (Lipinski definition) is 29. The molecular formula is C84H104N24O11S3. The molecule has 6 aliphatic rings. The summed E-state index contributed by atoms with van der Waals surface area (Å²) in [6.07, 6.45) is 5.62. The van der Waals surface area contributed by atoms with Gasteiger partial charge in [-0.3, -0.25) is 44.1 Å². The van der Waals surface area contributed by atoms with E-state index < -0.39 is 30.3 Å². The first-order valence-electron chi connectivity index (χ1n) is 41.3. The van der Waals surface area contributed by atoms with E-state index in [4.69, 9.17) is 44.1 Å². The van der Waals surface area contributed by atoms with E-state index in [-0.39, 0.29) is 53.2 Å². The molecule has 122 heavy (non-hydrogen) atoms. The minimum atomic E-state index is -1.19. The minimum absolute atomic E-state index is 0.0540. The van der Waals surface area contributed by atoms with Crippen molar-refractivity contribution in [3.05, 3.63) is 126 Å². The third-order valence-electron chi connectivity index (χ3n) is 20.5. The molecule has 3 saturated carbocycles. The van der Waals surface area contributed by atoms with E-state index in [1.165, 1.54) is 63.2 Å². The summed E-state index contributed by atoms with van der Waals surface area (Å²) in [6.45, 7) is 21.5. The molecule has 9 heterocycles. The molecule has 3 aliphatic carbocycles. The van der Waals surface area contributed by atoms with Crippen LogP contribution in [0.3, 0.4) is 0 Å². The molecule has 6 amide bonds. The van der Waals surface area contributed by atoms with E-state index in [0.29, 0.717) is 148 Å². The van der Waals surface area contributed by atoms with Crippen molar-refractivity contribution in [3.63, 3.8) is 0 Å². The topological polar surface area (TPSA) is 419 Å². The van der Waals surface area contributed by atoms with Gasteiger partial charge in [0, 0.05) is 201 Å². The maximum Gasteiger partial charge on any atom is 0.347 e. The summed E-state index contributed by atoms with van der Waals surface area (Å²) >= 11 is 4.30. The van der Waals surface area contributed by atoms with Crippen LogP contribution in [0.4, 0.5) is 69.4 Å². The van der Waals surface area contributed by atoms with Crippen LogP contribution in [-0.2, 0) is 52.6 Å². The predicted octanol–water partition coefficient (Wildman–Crippen LogP) is 11.7. The number of piperazine rings is 3. The Labute approximate surface area is 720 Å². The summed E-state index contributed by atoms with van der Waals surface area (Å²) < 4.78 is 15.3. The monoisotopic (exact) mass is 1720 g/mol. The normalized spacial score (nSPS) is 15.9. The number of benzene rings is 3. The van der Waals surface area contributed by atoms with Gasteiger partial charge in [0.2, 0.25) is 29.5 Å². The first kappa shape index (κ1) is 87.9. The van der Waals surface area contributed by atoms with Gasteiger partial charge in [-0.05, 0) is 201 Å². The number of anilines is 12. The average Bonchev–Trinajstić information content (AvgIpc) is 1.10. The Hall–Kier alpha value is -11.9. The summed E-state index contributed by atoms with van der Waals surface area (Å²) in [5.74, 6) is 5.39. The molecule has 38 heteroatoms. The Balaban J connectivity index is 0.000000160. The number of nitrogens with zero attached hydrogens (tertiary/aromatic N) is 15. The molecule has 3 aromatic carbocycles. The highest BCUT2D eigenvalue weighted by molar-refractivity contribution is 7.99. The number of nitrogens with one attached hydrogen (secondary N) is 9. The van der Waals surface area contributed by atoms with Crippen LogP contribution >= 0.6 is 35.3 Å². The van der Waals surface area contributed by atoms with Gasteiger partial charge in [0.25, 0.3) is 5.91 Å². The third kappa shape index (κ3) is 25.6. The lowest BCUT2D eigenvalue weighted by Gasteiger charge is -2.36. The van der Waals surface area contributed by atoms with E-state index in [2.05, 4.69) is 77.2 Å². The molecular weight excluding hydrogens is 1620 g/mol. The number of aryl methyl sites for hydroxylation is 3. The molecule has 9 aromatic rings. The van der Waals surface area contributed by atoms with Crippen molar-refractivity contribution in [1.29, 1.82) is 0 Å². The Bertz CT molecular complexity index is 4920. The van der Waals surface area contributed by atoms with Gasteiger partial charge in [0.05, 0.1) is 0 Å². The maximum absolute atomic E-state index is 13.1. The first-order valence-corrected chi connectivity index (χ1v) is 43.7. The van der Waals surface area contributed by atoms with Gasteiger partial charge in [-0.1, -0.05) is 13.8 Å². The Kier molecular flexibility index (Phi) is 30.0. The van der Waals surface area contributed by atoms with Crippen LogP contribution in [0.1, 0.15) is 116 Å². The fourth-order valence-electron chi connectivity index (χ4n) is 13.1. The largest absolute Gasteiger partial charge is 0.450 e. The van der Waals surface area contributed by atoms with Crippen LogP contribution in [0.15, 0.2) is 139 Å². The number of methoxy groups -OCH3 is 1. The number of esters is 2. The highest BCUT2D eigenvalue weighted by Crippen LogP contribution is 2.37. The summed E-state index contributed by atoms with van der Waals surface area (Å²) in [5.41, 5.74) is 5.13. The Morgan fingerprint density at radius 1 is 0.393 bits per heavy atom. The van der Waals surface area contributed by atoms with E-state index in [1.54, 1.807) is 4.90 Å². The van der Waals surface area contributed by atoms with Gasteiger partial charge in [0.15, 0.2) is 51.2 Å². The van der Waals surface area contributed by atoms with Gasteiger partial charge in [-0.2, -0.15) is 15.3 Å². The van der Waals surface area contributed by atoms with Crippen LogP contribution in [0.2, 0.25) is 0 Å². The van der Waals surface area contributed by atoms with Gasteiger partial charge in [-0.15, -0.1) is 0 Å². The van der Waals surface area contributed by atoms with Crippen LogP contribution in [0.5, 0.6) is 0 Å². The van der Waals surface area contributed by atoms with Crippen molar-refractivity contribution in [2.24, 2.45) is 17.8 Å². The highest BCUT2D eigenvalue weighted by Gasteiger charge is 2.35. The number of carbonyl (C=O) groups is 8. The molecule has 3 aliphatic heterocycles. The standard InChI is InChI=1S/C32H40N8O7S.2C26H32N8O2S/c1-18-16-26(38-37-18)34-25-17-27(36-32(35-25)48-24-10-8-23(9-11-24)33-28(41)22-6-7-22)39-12-14-40(15-13-39)29(42)19(2)46-31(44)21(4)47-30(43)20(3)45-5;2*1-3-4-24(35)34-13-11-33(12-14-34)23-16-21(28-22-15-17(2)31-32-22)29-26(30-23)37-20-9-7-19(8-10-20)27-25(36)18-5-6-18/h8-11,16-17,19-22H,6-7,12-15H2,1-5H3,(H,33,41)(H2,34,35,36,37,38);2*7-10,15-16,18H,3-6,11-14H2,1-2H3,(H,27,36)(H2,28,29,30,31,32). The van der Waals surface area contributed by atoms with Crippen molar-refractivity contribution in [2.45, 2.75) is 168 Å². The van der Waals surface area contributed by atoms with E-state index >= 15 is 0 Å². The molecule has 0 radical (unpaired) electrons. The van der Waals surface area contributed by atoms with Gasteiger partial charge in [-0.25, -0.2) is 39.5 Å². The molecule has 3 atom stereocenters. The van der Waals surface area contributed by atoms with Crippen LogP contribution in [0.25, 0.3) is 0 Å². The number of H-pyrrole nitrogens is 3. The lowest BCUT2D eigenvalue weighted by Crippen LogP contribution is -2.52. The molecule has 15 rings (SSSR count). The second kappa shape index (κ2) is 41.6. The summed E-state index contributed by atoms with van der Waals surface area (Å²) in [7, 11) is 1.36. The van der Waals surface area contributed by atoms with Crippen molar-refractivity contribution in [1.82, 2.24) is 75.2 Å². The zero-order valence-corrected chi connectivity index (χ0v) is 72.3. The van der Waals surface area contributed by atoms with Crippen molar-refractivity contribution in [2.75, 3.05) is 132 Å². The molecule has 3 saturated heterocycles. The minimum Gasteiger partial charge on any atom is -0.450 e. The Morgan fingerprint density at radius 2 is 0.689 bits per heavy atom. The molecule has 6 aromatic heterocycles. The van der Waals surface area contributed by atoms with Crippen LogP contribution < -0.4 is 46.6 Å². The number of rotatable bonds is 31. The first-order chi connectivity index (χ1) is 58.9. The average molecular weight is 1720 g/mol. The fraction of sp³-hybridized carbons (Fsp3) is 0.440. The van der Waals surface area contributed by atoms with E-state index in [1.807, 2.05) is 154 Å².